The van der Waals surface area contributed by atoms with E-state index in [0.717, 1.165) is 16.7 Å². The van der Waals surface area contributed by atoms with E-state index in [1.54, 1.807) is 26.0 Å². The first-order valence-electron chi connectivity index (χ1n) is 10.6. The molecule has 0 spiro atoms. The van der Waals surface area contributed by atoms with Crippen LogP contribution in [0.25, 0.3) is 22.6 Å². The van der Waals surface area contributed by atoms with Gasteiger partial charge in [-0.2, -0.15) is 5.10 Å². The summed E-state index contributed by atoms with van der Waals surface area (Å²) in [5, 5.41) is 4.50. The van der Waals surface area contributed by atoms with Crippen molar-refractivity contribution in [2.45, 2.75) is 26.5 Å². The van der Waals surface area contributed by atoms with Gasteiger partial charge in [0.2, 0.25) is 0 Å². The van der Waals surface area contributed by atoms with Crippen LogP contribution in [0.4, 0.5) is 10.5 Å². The number of carbonyl (C=O) groups excluding carboxylic acids is 1. The lowest BCUT2D eigenvalue weighted by Crippen LogP contribution is -2.22. The van der Waals surface area contributed by atoms with Crippen LogP contribution < -0.4 is 16.0 Å². The second kappa shape index (κ2) is 9.95. The third-order valence-corrected chi connectivity index (χ3v) is 4.73. The molecule has 9 heteroatoms. The second-order valence-electron chi connectivity index (χ2n) is 7.80. The Labute approximate surface area is 195 Å². The van der Waals surface area contributed by atoms with Gasteiger partial charge in [-0.25, -0.2) is 19.4 Å². The summed E-state index contributed by atoms with van der Waals surface area (Å²) in [7, 11) is 0. The molecule has 0 fully saturated rings. The summed E-state index contributed by atoms with van der Waals surface area (Å²) >= 11 is 0. The van der Waals surface area contributed by atoms with E-state index in [-0.39, 0.29) is 24.0 Å². The third-order valence-electron chi connectivity index (χ3n) is 4.73. The van der Waals surface area contributed by atoms with Crippen LogP contribution in [-0.2, 0) is 11.3 Å². The topological polar surface area (TPSA) is 122 Å². The first-order valence-corrected chi connectivity index (χ1v) is 10.6. The van der Waals surface area contributed by atoms with Crippen molar-refractivity contribution in [2.75, 3.05) is 5.73 Å². The summed E-state index contributed by atoms with van der Waals surface area (Å²) in [5.74, 6) is 0.625. The number of anilines is 1. The first kappa shape index (κ1) is 22.7. The number of hydrogen-bond donors (Lipinski definition) is 1. The van der Waals surface area contributed by atoms with Gasteiger partial charge >= 0.3 is 6.16 Å². The van der Waals surface area contributed by atoms with Crippen molar-refractivity contribution in [1.82, 2.24) is 19.7 Å². The largest absolute Gasteiger partial charge is 0.514 e. The number of carbonyl (C=O) groups is 1. The van der Waals surface area contributed by atoms with Crippen molar-refractivity contribution < 1.29 is 14.3 Å². The van der Waals surface area contributed by atoms with Gasteiger partial charge in [-0.1, -0.05) is 30.3 Å². The molecular weight excluding hydrogens is 434 g/mol. The molecule has 2 N–H and O–H groups in total. The Kier molecular flexibility index (Phi) is 6.63. The van der Waals surface area contributed by atoms with E-state index in [4.69, 9.17) is 15.2 Å². The minimum absolute atomic E-state index is 0.180. The van der Waals surface area contributed by atoms with Gasteiger partial charge in [-0.05, 0) is 43.7 Å². The molecule has 0 aliphatic carbocycles. The third kappa shape index (κ3) is 5.63. The summed E-state index contributed by atoms with van der Waals surface area (Å²) in [4.78, 5) is 32.6. The van der Waals surface area contributed by atoms with Gasteiger partial charge in [-0.3, -0.25) is 4.79 Å². The van der Waals surface area contributed by atoms with E-state index in [9.17, 15) is 9.59 Å². The van der Waals surface area contributed by atoms with Crippen LogP contribution in [0.1, 0.15) is 19.4 Å². The highest BCUT2D eigenvalue weighted by Crippen LogP contribution is 2.20. The Hall–Kier alpha value is -4.53. The van der Waals surface area contributed by atoms with Gasteiger partial charge in [0, 0.05) is 22.9 Å². The molecule has 0 atom stereocenters. The molecule has 0 saturated carbocycles. The van der Waals surface area contributed by atoms with E-state index < -0.39 is 6.16 Å². The van der Waals surface area contributed by atoms with E-state index in [2.05, 4.69) is 15.1 Å². The zero-order valence-electron chi connectivity index (χ0n) is 18.7. The van der Waals surface area contributed by atoms with E-state index in [1.165, 1.54) is 23.1 Å². The monoisotopic (exact) mass is 457 g/mol. The summed E-state index contributed by atoms with van der Waals surface area (Å²) in [5.41, 5.74) is 9.35. The van der Waals surface area contributed by atoms with Crippen LogP contribution >= 0.6 is 0 Å². The molecule has 0 saturated heterocycles. The number of nitrogen functional groups attached to an aromatic ring is 1. The zero-order valence-corrected chi connectivity index (χ0v) is 18.7. The van der Waals surface area contributed by atoms with Crippen molar-refractivity contribution in [1.29, 1.82) is 0 Å². The molecule has 4 rings (SSSR count). The fraction of sp³-hybridized carbons (Fsp3) is 0.160. The van der Waals surface area contributed by atoms with Crippen molar-refractivity contribution in [2.24, 2.45) is 0 Å². The lowest BCUT2D eigenvalue weighted by atomic mass is 10.1. The molecule has 9 nitrogen and oxygen atoms in total. The zero-order chi connectivity index (χ0) is 24.1. The summed E-state index contributed by atoms with van der Waals surface area (Å²) in [6, 6.07) is 18.0. The molecule has 0 aliphatic rings. The molecule has 4 aromatic rings. The Morgan fingerprint density at radius 3 is 2.47 bits per heavy atom. The SMILES string of the molecule is CC(C)OC(=O)Oc1cnc(-c2cccc(Cn3nc(-c4cccc(N)c4)ccc3=O)c2)nc1. The van der Waals surface area contributed by atoms with Crippen molar-refractivity contribution >= 4 is 11.8 Å². The summed E-state index contributed by atoms with van der Waals surface area (Å²) in [6.07, 6.45) is 1.70. The number of nitrogens with zero attached hydrogens (tertiary/aromatic N) is 4. The molecule has 34 heavy (non-hydrogen) atoms. The normalized spacial score (nSPS) is 10.8. The first-order chi connectivity index (χ1) is 16.4. The lowest BCUT2D eigenvalue weighted by molar-refractivity contribution is 0.0727. The Morgan fingerprint density at radius 2 is 1.74 bits per heavy atom. The molecule has 2 heterocycles. The lowest BCUT2D eigenvalue weighted by Gasteiger charge is -2.10. The highest BCUT2D eigenvalue weighted by Gasteiger charge is 2.11. The molecule has 2 aromatic heterocycles. The van der Waals surface area contributed by atoms with Crippen LogP contribution in [0.3, 0.4) is 0 Å². The number of benzene rings is 2. The second-order valence-corrected chi connectivity index (χ2v) is 7.80. The van der Waals surface area contributed by atoms with E-state index >= 15 is 0 Å². The van der Waals surface area contributed by atoms with Crippen LogP contribution in [0, 0.1) is 0 Å². The van der Waals surface area contributed by atoms with Gasteiger partial charge in [0.1, 0.15) is 0 Å². The van der Waals surface area contributed by atoms with Gasteiger partial charge in [-0.15, -0.1) is 0 Å². The van der Waals surface area contributed by atoms with Crippen LogP contribution in [-0.4, -0.2) is 32.0 Å². The van der Waals surface area contributed by atoms with Crippen LogP contribution in [0.2, 0.25) is 0 Å². The van der Waals surface area contributed by atoms with Gasteiger partial charge in [0.05, 0.1) is 30.7 Å². The van der Waals surface area contributed by atoms with E-state index in [1.807, 2.05) is 42.5 Å². The van der Waals surface area contributed by atoms with Crippen molar-refractivity contribution in [3.8, 4) is 28.4 Å². The average molecular weight is 457 g/mol. The van der Waals surface area contributed by atoms with Gasteiger partial charge < -0.3 is 15.2 Å². The molecule has 0 unspecified atom stereocenters. The van der Waals surface area contributed by atoms with Gasteiger partial charge in [0.15, 0.2) is 11.6 Å². The molecule has 0 radical (unpaired) electrons. The van der Waals surface area contributed by atoms with Crippen molar-refractivity contribution in [3.63, 3.8) is 0 Å². The Balaban J connectivity index is 1.53. The maximum absolute atomic E-state index is 12.4. The number of rotatable bonds is 6. The maximum Gasteiger partial charge on any atom is 0.514 e. The standard InChI is InChI=1S/C25H23N5O4/c1-16(2)33-25(32)34-21-13-27-24(28-14-21)19-7-3-5-17(11-19)15-30-23(31)10-9-22(29-30)18-6-4-8-20(26)12-18/h3-14,16H,15,26H2,1-2H3. The fourth-order valence-corrected chi connectivity index (χ4v) is 3.23. The van der Waals surface area contributed by atoms with Crippen molar-refractivity contribution in [3.05, 3.63) is 89.0 Å². The molecule has 0 amide bonds. The van der Waals surface area contributed by atoms with Gasteiger partial charge in [0.25, 0.3) is 5.56 Å². The van der Waals surface area contributed by atoms with Crippen LogP contribution in [0.15, 0.2) is 77.9 Å². The number of nitrogens with two attached hydrogens (primary N) is 1. The van der Waals surface area contributed by atoms with E-state index in [0.29, 0.717) is 17.2 Å². The summed E-state index contributed by atoms with van der Waals surface area (Å²) in [6.45, 7) is 3.72. The highest BCUT2D eigenvalue weighted by atomic mass is 16.7. The smallest absolute Gasteiger partial charge is 0.431 e. The minimum atomic E-state index is -0.813. The Bertz CT molecular complexity index is 1370. The fourth-order valence-electron chi connectivity index (χ4n) is 3.23. The molecule has 2 aromatic carbocycles. The Morgan fingerprint density at radius 1 is 1.00 bits per heavy atom. The number of hydrogen-bond acceptors (Lipinski definition) is 8. The number of ether oxygens (including phenoxy) is 2. The highest BCUT2D eigenvalue weighted by molar-refractivity contribution is 5.64. The predicted octanol–water partition coefficient (Wildman–Crippen LogP) is 3.92. The van der Waals surface area contributed by atoms with Crippen LogP contribution in [0.5, 0.6) is 5.75 Å². The summed E-state index contributed by atoms with van der Waals surface area (Å²) < 4.78 is 11.4. The molecular formula is C25H23N5O4. The average Bonchev–Trinajstić information content (AvgIpc) is 2.81. The molecule has 172 valence electrons. The number of aromatic nitrogens is 4. The molecule has 0 bridgehead atoms. The molecule has 0 aliphatic heterocycles. The minimum Gasteiger partial charge on any atom is -0.431 e. The maximum atomic E-state index is 12.4. The predicted molar refractivity (Wildman–Crippen MR) is 127 cm³/mol. The quantitative estimate of drug-likeness (QED) is 0.341.